The number of phenolic OH excluding ortho intramolecular Hbond substituents is 1. The fraction of sp³-hybridized carbons (Fsp3) is 0.0769. The van der Waals surface area contributed by atoms with Gasteiger partial charge < -0.3 is 9.84 Å². The summed E-state index contributed by atoms with van der Waals surface area (Å²) < 4.78 is 57.4. The summed E-state index contributed by atoms with van der Waals surface area (Å²) in [7, 11) is -2.95. The lowest BCUT2D eigenvalue weighted by Gasteiger charge is -2.11. The molecule has 0 aromatic heterocycles. The lowest BCUT2D eigenvalue weighted by molar-refractivity contribution is 0.413. The molecule has 0 fully saturated rings. The van der Waals surface area contributed by atoms with Gasteiger partial charge in [-0.2, -0.15) is 0 Å². The van der Waals surface area contributed by atoms with Crippen molar-refractivity contribution < 1.29 is 27.0 Å². The highest BCUT2D eigenvalue weighted by atomic mass is 32.2. The summed E-state index contributed by atoms with van der Waals surface area (Å²) in [5, 5.41) is 9.62. The second-order valence-corrected chi connectivity index (χ2v) is 5.71. The molecule has 0 amide bonds. The van der Waals surface area contributed by atoms with Crippen molar-refractivity contribution in [3.8, 4) is 11.5 Å². The van der Waals surface area contributed by atoms with Gasteiger partial charge in [-0.3, -0.25) is 4.72 Å². The normalized spacial score (nSPS) is 11.2. The molecule has 5 nitrogen and oxygen atoms in total. The Morgan fingerprint density at radius 1 is 1.14 bits per heavy atom. The zero-order valence-electron chi connectivity index (χ0n) is 10.8. The molecule has 2 aromatic carbocycles. The van der Waals surface area contributed by atoms with E-state index >= 15 is 0 Å². The number of aromatic hydroxyl groups is 1. The molecule has 0 aliphatic rings. The lowest BCUT2D eigenvalue weighted by Crippen LogP contribution is -2.15. The van der Waals surface area contributed by atoms with E-state index in [1.54, 1.807) is 0 Å². The predicted molar refractivity (Wildman–Crippen MR) is 71.8 cm³/mol. The molecule has 2 aromatic rings. The number of rotatable bonds is 4. The van der Waals surface area contributed by atoms with Crippen molar-refractivity contribution in [3.63, 3.8) is 0 Å². The summed E-state index contributed by atoms with van der Waals surface area (Å²) >= 11 is 0. The molecule has 8 heteroatoms. The zero-order chi connectivity index (χ0) is 15.6. The molecule has 0 radical (unpaired) electrons. The van der Waals surface area contributed by atoms with Crippen LogP contribution >= 0.6 is 0 Å². The van der Waals surface area contributed by atoms with Crippen LogP contribution in [0.4, 0.5) is 14.5 Å². The Morgan fingerprint density at radius 2 is 1.86 bits per heavy atom. The Balaban J connectivity index is 2.42. The minimum atomic E-state index is -4.32. The monoisotopic (exact) mass is 315 g/mol. The van der Waals surface area contributed by atoms with Crippen molar-refractivity contribution in [2.45, 2.75) is 4.90 Å². The molecule has 0 spiro atoms. The van der Waals surface area contributed by atoms with Crippen molar-refractivity contribution in [1.82, 2.24) is 0 Å². The number of halogens is 2. The molecule has 0 atom stereocenters. The number of hydrogen-bond acceptors (Lipinski definition) is 4. The maximum absolute atomic E-state index is 13.5. The van der Waals surface area contributed by atoms with E-state index in [1.807, 2.05) is 4.72 Å². The highest BCUT2D eigenvalue weighted by molar-refractivity contribution is 7.92. The standard InChI is InChI=1S/C13H11F2NO4S/c1-20-9-3-4-12(17)11(7-9)16-21(18,19)13-5-2-8(14)6-10(13)15/h2-7,16-17H,1H3. The fourth-order valence-electron chi connectivity index (χ4n) is 1.62. The predicted octanol–water partition coefficient (Wildman–Crippen LogP) is 2.48. The Bertz CT molecular complexity index is 778. The third-order valence-electron chi connectivity index (χ3n) is 2.63. The van der Waals surface area contributed by atoms with E-state index in [0.717, 1.165) is 12.1 Å². The number of hydrogen-bond donors (Lipinski definition) is 2. The largest absolute Gasteiger partial charge is 0.506 e. The summed E-state index contributed by atoms with van der Waals surface area (Å²) in [4.78, 5) is -0.730. The van der Waals surface area contributed by atoms with Crippen LogP contribution < -0.4 is 9.46 Å². The quantitative estimate of drug-likeness (QED) is 0.850. The van der Waals surface area contributed by atoms with E-state index in [1.165, 1.54) is 25.3 Å². The Hall–Kier alpha value is -2.35. The van der Waals surface area contributed by atoms with Crippen LogP contribution in [0.5, 0.6) is 11.5 Å². The number of sulfonamides is 1. The zero-order valence-corrected chi connectivity index (χ0v) is 11.6. The van der Waals surface area contributed by atoms with Gasteiger partial charge in [0.15, 0.2) is 0 Å². The molecular formula is C13H11F2NO4S. The van der Waals surface area contributed by atoms with E-state index in [-0.39, 0.29) is 11.4 Å². The van der Waals surface area contributed by atoms with E-state index in [9.17, 15) is 22.3 Å². The molecular weight excluding hydrogens is 304 g/mol. The van der Waals surface area contributed by atoms with Crippen molar-refractivity contribution in [1.29, 1.82) is 0 Å². The van der Waals surface area contributed by atoms with Crippen molar-refractivity contribution >= 4 is 15.7 Å². The third-order valence-corrected chi connectivity index (χ3v) is 4.03. The number of phenols is 1. The Labute approximate surface area is 119 Å². The average molecular weight is 315 g/mol. The second kappa shape index (κ2) is 5.57. The van der Waals surface area contributed by atoms with Gasteiger partial charge in [0.1, 0.15) is 28.0 Å². The molecule has 0 bridgehead atoms. The number of benzene rings is 2. The van der Waals surface area contributed by atoms with Gasteiger partial charge in [-0.05, 0) is 24.3 Å². The topological polar surface area (TPSA) is 75.6 Å². The van der Waals surface area contributed by atoms with Gasteiger partial charge in [0.2, 0.25) is 0 Å². The number of methoxy groups -OCH3 is 1. The van der Waals surface area contributed by atoms with Crippen LogP contribution in [0.1, 0.15) is 0 Å². The fourth-order valence-corrected chi connectivity index (χ4v) is 2.74. The molecule has 0 heterocycles. The Kier molecular flexibility index (Phi) is 3.99. The number of ether oxygens (including phenoxy) is 1. The van der Waals surface area contributed by atoms with Crippen LogP contribution in [0.3, 0.4) is 0 Å². The summed E-state index contributed by atoms with van der Waals surface area (Å²) in [5.41, 5.74) is -0.182. The van der Waals surface area contributed by atoms with Crippen LogP contribution in [0.25, 0.3) is 0 Å². The minimum Gasteiger partial charge on any atom is -0.506 e. The first kappa shape index (κ1) is 15.0. The SMILES string of the molecule is COc1ccc(O)c(NS(=O)(=O)c2ccc(F)cc2F)c1. The summed E-state index contributed by atoms with van der Waals surface area (Å²) in [6, 6.07) is 5.95. The maximum Gasteiger partial charge on any atom is 0.264 e. The Morgan fingerprint density at radius 3 is 2.48 bits per heavy atom. The van der Waals surface area contributed by atoms with Crippen molar-refractivity contribution in [3.05, 3.63) is 48.0 Å². The van der Waals surface area contributed by atoms with Crippen molar-refractivity contribution in [2.75, 3.05) is 11.8 Å². The van der Waals surface area contributed by atoms with Gasteiger partial charge in [-0.25, -0.2) is 17.2 Å². The van der Waals surface area contributed by atoms with Gasteiger partial charge in [-0.15, -0.1) is 0 Å². The van der Waals surface area contributed by atoms with E-state index in [2.05, 4.69) is 0 Å². The van der Waals surface area contributed by atoms with E-state index < -0.39 is 26.6 Å². The van der Waals surface area contributed by atoms with Crippen LogP contribution in [0.2, 0.25) is 0 Å². The highest BCUT2D eigenvalue weighted by Gasteiger charge is 2.21. The molecule has 0 aliphatic carbocycles. The summed E-state index contributed by atoms with van der Waals surface area (Å²) in [6.45, 7) is 0. The van der Waals surface area contributed by atoms with Crippen LogP contribution in [0, 0.1) is 11.6 Å². The third kappa shape index (κ3) is 3.22. The molecule has 0 aliphatic heterocycles. The first-order chi connectivity index (χ1) is 9.83. The molecule has 2 N–H and O–H groups in total. The van der Waals surface area contributed by atoms with Gasteiger partial charge in [0.05, 0.1) is 12.8 Å². The summed E-state index contributed by atoms with van der Waals surface area (Å²) in [6.07, 6.45) is 0. The average Bonchev–Trinajstić information content (AvgIpc) is 2.40. The molecule has 21 heavy (non-hydrogen) atoms. The van der Waals surface area contributed by atoms with Crippen LogP contribution in [-0.4, -0.2) is 20.6 Å². The lowest BCUT2D eigenvalue weighted by atomic mass is 10.3. The molecule has 2 rings (SSSR count). The first-order valence-electron chi connectivity index (χ1n) is 5.68. The van der Waals surface area contributed by atoms with Gasteiger partial charge >= 0.3 is 0 Å². The van der Waals surface area contributed by atoms with Gasteiger partial charge in [-0.1, -0.05) is 0 Å². The smallest absolute Gasteiger partial charge is 0.264 e. The second-order valence-electron chi connectivity index (χ2n) is 4.06. The minimum absolute atomic E-state index is 0.182. The maximum atomic E-state index is 13.5. The van der Waals surface area contributed by atoms with E-state index in [0.29, 0.717) is 11.8 Å². The highest BCUT2D eigenvalue weighted by Crippen LogP contribution is 2.30. The summed E-state index contributed by atoms with van der Waals surface area (Å²) in [5.74, 6) is -2.19. The van der Waals surface area contributed by atoms with E-state index in [4.69, 9.17) is 4.74 Å². The molecule has 0 saturated carbocycles. The number of anilines is 1. The van der Waals surface area contributed by atoms with Crippen LogP contribution in [-0.2, 0) is 10.0 Å². The molecule has 112 valence electrons. The van der Waals surface area contributed by atoms with Gasteiger partial charge in [0, 0.05) is 12.1 Å². The van der Waals surface area contributed by atoms with Gasteiger partial charge in [0.25, 0.3) is 10.0 Å². The molecule has 0 saturated heterocycles. The van der Waals surface area contributed by atoms with Crippen LogP contribution in [0.15, 0.2) is 41.3 Å². The number of nitrogens with one attached hydrogen (secondary N) is 1. The van der Waals surface area contributed by atoms with Crippen molar-refractivity contribution in [2.24, 2.45) is 0 Å². The molecule has 0 unspecified atom stereocenters. The first-order valence-corrected chi connectivity index (χ1v) is 7.16.